The van der Waals surface area contributed by atoms with Crippen LogP contribution in [0.5, 0.6) is 0 Å². The van der Waals surface area contributed by atoms with Crippen LogP contribution in [0, 0.1) is 0 Å². The number of nitrogens with two attached hydrogens (primary N) is 1. The molecule has 0 aliphatic rings. The molecule has 0 saturated heterocycles. The number of hydrogen-bond donors (Lipinski definition) is 2. The molecule has 1 amide bonds. The summed E-state index contributed by atoms with van der Waals surface area (Å²) in [4.78, 5) is 15.8. The average Bonchev–Trinajstić information content (AvgIpc) is 2.34. The SMILES string of the molecule is CSCC(=O)Nc1ccc(N)c2ncccc12. The second-order valence-electron chi connectivity index (χ2n) is 3.58. The first kappa shape index (κ1) is 11.7. The lowest BCUT2D eigenvalue weighted by Gasteiger charge is -2.09. The molecule has 5 heteroatoms. The second kappa shape index (κ2) is 5.05. The first-order valence-electron chi connectivity index (χ1n) is 5.14. The van der Waals surface area contributed by atoms with Crippen LogP contribution < -0.4 is 11.1 Å². The van der Waals surface area contributed by atoms with E-state index in [0.29, 0.717) is 11.4 Å². The van der Waals surface area contributed by atoms with Gasteiger partial charge in [0.1, 0.15) is 0 Å². The Kier molecular flexibility index (Phi) is 3.49. The molecule has 88 valence electrons. The summed E-state index contributed by atoms with van der Waals surface area (Å²) in [5, 5.41) is 3.72. The largest absolute Gasteiger partial charge is 0.397 e. The van der Waals surface area contributed by atoms with Gasteiger partial charge in [-0.25, -0.2) is 0 Å². The molecule has 4 nitrogen and oxygen atoms in total. The van der Waals surface area contributed by atoms with Crippen molar-refractivity contribution in [1.82, 2.24) is 4.98 Å². The van der Waals surface area contributed by atoms with Crippen molar-refractivity contribution in [1.29, 1.82) is 0 Å². The molecule has 0 aliphatic heterocycles. The van der Waals surface area contributed by atoms with Crippen molar-refractivity contribution in [2.45, 2.75) is 0 Å². The molecule has 0 aliphatic carbocycles. The van der Waals surface area contributed by atoms with Crippen molar-refractivity contribution < 1.29 is 4.79 Å². The van der Waals surface area contributed by atoms with E-state index in [1.165, 1.54) is 11.8 Å². The number of nitrogens with one attached hydrogen (secondary N) is 1. The molecule has 0 bridgehead atoms. The highest BCUT2D eigenvalue weighted by Gasteiger charge is 2.07. The molecule has 2 rings (SSSR count). The number of carbonyl (C=O) groups excluding carboxylic acids is 1. The fourth-order valence-electron chi connectivity index (χ4n) is 1.62. The van der Waals surface area contributed by atoms with Gasteiger partial charge in [-0.2, -0.15) is 11.8 Å². The van der Waals surface area contributed by atoms with Crippen LogP contribution in [0.4, 0.5) is 11.4 Å². The van der Waals surface area contributed by atoms with Gasteiger partial charge in [0.2, 0.25) is 5.91 Å². The number of benzene rings is 1. The topological polar surface area (TPSA) is 68.0 Å². The monoisotopic (exact) mass is 247 g/mol. The fraction of sp³-hybridized carbons (Fsp3) is 0.167. The van der Waals surface area contributed by atoms with E-state index in [9.17, 15) is 4.79 Å². The highest BCUT2D eigenvalue weighted by atomic mass is 32.2. The maximum Gasteiger partial charge on any atom is 0.234 e. The quantitative estimate of drug-likeness (QED) is 0.815. The molecule has 0 spiro atoms. The predicted octanol–water partition coefficient (Wildman–Crippen LogP) is 2.12. The third kappa shape index (κ3) is 2.50. The number of rotatable bonds is 3. The van der Waals surface area contributed by atoms with E-state index < -0.39 is 0 Å². The molecular formula is C12H13N3OS. The lowest BCUT2D eigenvalue weighted by Crippen LogP contribution is -2.14. The molecule has 0 fully saturated rings. The van der Waals surface area contributed by atoms with Gasteiger partial charge in [0.25, 0.3) is 0 Å². The summed E-state index contributed by atoms with van der Waals surface area (Å²) >= 11 is 1.49. The lowest BCUT2D eigenvalue weighted by molar-refractivity contribution is -0.113. The van der Waals surface area contributed by atoms with E-state index in [1.54, 1.807) is 18.3 Å². The molecule has 0 atom stereocenters. The Labute approximate surface area is 104 Å². The number of anilines is 2. The zero-order valence-electron chi connectivity index (χ0n) is 9.43. The summed E-state index contributed by atoms with van der Waals surface area (Å²) in [6, 6.07) is 7.28. The van der Waals surface area contributed by atoms with Crippen LogP contribution in [0.2, 0.25) is 0 Å². The lowest BCUT2D eigenvalue weighted by atomic mass is 10.1. The highest BCUT2D eigenvalue weighted by Crippen LogP contribution is 2.26. The first-order valence-corrected chi connectivity index (χ1v) is 6.53. The zero-order valence-corrected chi connectivity index (χ0v) is 10.3. The van der Waals surface area contributed by atoms with Gasteiger partial charge >= 0.3 is 0 Å². The molecule has 1 aromatic carbocycles. The van der Waals surface area contributed by atoms with E-state index in [2.05, 4.69) is 10.3 Å². The molecular weight excluding hydrogens is 234 g/mol. The molecule has 0 radical (unpaired) electrons. The Morgan fingerprint density at radius 1 is 1.47 bits per heavy atom. The summed E-state index contributed by atoms with van der Waals surface area (Å²) in [6.45, 7) is 0. The predicted molar refractivity (Wildman–Crippen MR) is 73.2 cm³/mol. The van der Waals surface area contributed by atoms with Gasteiger partial charge in [-0.1, -0.05) is 0 Å². The summed E-state index contributed by atoms with van der Waals surface area (Å²) in [6.07, 6.45) is 3.58. The highest BCUT2D eigenvalue weighted by molar-refractivity contribution is 7.99. The fourth-order valence-corrected chi connectivity index (χ4v) is 1.96. The normalized spacial score (nSPS) is 10.4. The van der Waals surface area contributed by atoms with E-state index in [1.807, 2.05) is 18.4 Å². The Morgan fingerprint density at radius 2 is 2.29 bits per heavy atom. The van der Waals surface area contributed by atoms with Crippen molar-refractivity contribution >= 4 is 39.9 Å². The smallest absolute Gasteiger partial charge is 0.234 e. The summed E-state index contributed by atoms with van der Waals surface area (Å²) in [7, 11) is 0. The zero-order chi connectivity index (χ0) is 12.3. The first-order chi connectivity index (χ1) is 8.22. The van der Waals surface area contributed by atoms with Gasteiger partial charge in [0, 0.05) is 11.6 Å². The van der Waals surface area contributed by atoms with E-state index in [0.717, 1.165) is 16.6 Å². The van der Waals surface area contributed by atoms with Gasteiger partial charge in [-0.15, -0.1) is 0 Å². The van der Waals surface area contributed by atoms with Crippen molar-refractivity contribution in [2.75, 3.05) is 23.1 Å². The van der Waals surface area contributed by atoms with Crippen LogP contribution in [-0.2, 0) is 4.79 Å². The standard InChI is InChI=1S/C12H13N3OS/c1-17-7-11(16)15-10-5-4-9(13)12-8(10)3-2-6-14-12/h2-6H,7,13H2,1H3,(H,15,16). The maximum absolute atomic E-state index is 11.6. The Hall–Kier alpha value is -1.75. The van der Waals surface area contributed by atoms with Crippen molar-refractivity contribution in [2.24, 2.45) is 0 Å². The molecule has 1 heterocycles. The Morgan fingerprint density at radius 3 is 3.06 bits per heavy atom. The van der Waals surface area contributed by atoms with Crippen LogP contribution in [0.15, 0.2) is 30.5 Å². The molecule has 1 aromatic heterocycles. The van der Waals surface area contributed by atoms with Gasteiger partial charge in [0.05, 0.1) is 22.6 Å². The van der Waals surface area contributed by atoms with Gasteiger partial charge in [-0.05, 0) is 30.5 Å². The number of hydrogen-bond acceptors (Lipinski definition) is 4. The minimum absolute atomic E-state index is 0.0209. The number of pyridine rings is 1. The van der Waals surface area contributed by atoms with Gasteiger partial charge < -0.3 is 11.1 Å². The van der Waals surface area contributed by atoms with Crippen LogP contribution >= 0.6 is 11.8 Å². The number of aromatic nitrogens is 1. The number of fused-ring (bicyclic) bond motifs is 1. The van der Waals surface area contributed by atoms with Crippen LogP contribution in [0.1, 0.15) is 0 Å². The summed E-state index contributed by atoms with van der Waals surface area (Å²) in [5.41, 5.74) is 7.92. The third-order valence-corrected chi connectivity index (χ3v) is 2.90. The number of nitrogens with zero attached hydrogens (tertiary/aromatic N) is 1. The maximum atomic E-state index is 11.6. The van der Waals surface area contributed by atoms with E-state index in [4.69, 9.17) is 5.73 Å². The van der Waals surface area contributed by atoms with Crippen LogP contribution in [0.3, 0.4) is 0 Å². The third-order valence-electron chi connectivity index (χ3n) is 2.35. The second-order valence-corrected chi connectivity index (χ2v) is 4.45. The molecule has 2 aromatic rings. The van der Waals surface area contributed by atoms with Gasteiger partial charge in [0.15, 0.2) is 0 Å². The average molecular weight is 247 g/mol. The van der Waals surface area contributed by atoms with E-state index in [-0.39, 0.29) is 5.91 Å². The minimum atomic E-state index is -0.0209. The number of thioether (sulfide) groups is 1. The van der Waals surface area contributed by atoms with Crippen molar-refractivity contribution in [3.05, 3.63) is 30.5 Å². The van der Waals surface area contributed by atoms with Crippen molar-refractivity contribution in [3.8, 4) is 0 Å². The molecule has 3 N–H and O–H groups in total. The summed E-state index contributed by atoms with van der Waals surface area (Å²) < 4.78 is 0. The van der Waals surface area contributed by atoms with Gasteiger partial charge in [-0.3, -0.25) is 9.78 Å². The molecule has 0 saturated carbocycles. The van der Waals surface area contributed by atoms with Crippen LogP contribution in [-0.4, -0.2) is 22.9 Å². The Bertz CT molecular complexity index is 556. The van der Waals surface area contributed by atoms with Crippen LogP contribution in [0.25, 0.3) is 10.9 Å². The summed E-state index contributed by atoms with van der Waals surface area (Å²) in [5.74, 6) is 0.416. The number of carbonyl (C=O) groups is 1. The Balaban J connectivity index is 2.41. The minimum Gasteiger partial charge on any atom is -0.397 e. The number of nitrogen functional groups attached to an aromatic ring is 1. The van der Waals surface area contributed by atoms with Crippen molar-refractivity contribution in [3.63, 3.8) is 0 Å². The molecule has 17 heavy (non-hydrogen) atoms. The molecule has 0 unspecified atom stereocenters. The van der Waals surface area contributed by atoms with E-state index >= 15 is 0 Å². The number of amides is 1.